The van der Waals surface area contributed by atoms with Crippen molar-refractivity contribution in [3.8, 4) is 0 Å². The maximum absolute atomic E-state index is 13.0. The van der Waals surface area contributed by atoms with Crippen LogP contribution in [0.15, 0.2) is 53.6 Å². The summed E-state index contributed by atoms with van der Waals surface area (Å²) in [5.41, 5.74) is 1.18. The summed E-state index contributed by atoms with van der Waals surface area (Å²) in [5.74, 6) is -0.145. The Balaban J connectivity index is 1.99. The molecule has 0 unspecified atom stereocenters. The molecule has 2 heterocycles. The lowest BCUT2D eigenvalue weighted by Crippen LogP contribution is -2.29. The zero-order valence-electron chi connectivity index (χ0n) is 16.3. The monoisotopic (exact) mass is 464 g/mol. The Hall–Kier alpha value is -2.68. The number of aromatic nitrogens is 2. The van der Waals surface area contributed by atoms with Crippen LogP contribution in [0.25, 0.3) is 0 Å². The van der Waals surface area contributed by atoms with Crippen molar-refractivity contribution < 1.29 is 13.2 Å². The maximum Gasteiger partial charge on any atom is 0.279 e. The van der Waals surface area contributed by atoms with Crippen molar-refractivity contribution in [2.24, 2.45) is 0 Å². The molecule has 30 heavy (non-hydrogen) atoms. The van der Waals surface area contributed by atoms with Crippen LogP contribution in [0.3, 0.4) is 0 Å². The first-order chi connectivity index (χ1) is 14.1. The molecule has 0 fully saturated rings. The summed E-state index contributed by atoms with van der Waals surface area (Å²) in [6, 6.07) is 10.9. The summed E-state index contributed by atoms with van der Waals surface area (Å²) >= 11 is 12.0. The second-order valence-corrected chi connectivity index (χ2v) is 9.09. The molecular weight excluding hydrogens is 447 g/mol. The molecule has 0 atom stereocenters. The Kier molecular flexibility index (Phi) is 6.30. The Morgan fingerprint density at radius 1 is 1.10 bits per heavy atom. The molecule has 2 aromatic heterocycles. The van der Waals surface area contributed by atoms with Crippen LogP contribution in [0.5, 0.6) is 0 Å². The van der Waals surface area contributed by atoms with Gasteiger partial charge < -0.3 is 0 Å². The van der Waals surface area contributed by atoms with Gasteiger partial charge in [-0.25, -0.2) is 18.4 Å². The average Bonchev–Trinajstić information content (AvgIpc) is 2.68. The summed E-state index contributed by atoms with van der Waals surface area (Å²) in [7, 11) is -2.49. The molecule has 0 saturated heterocycles. The number of anilines is 2. The van der Waals surface area contributed by atoms with Crippen LogP contribution in [0.2, 0.25) is 10.0 Å². The lowest BCUT2D eigenvalue weighted by molar-refractivity contribution is 0.0988. The van der Waals surface area contributed by atoms with Gasteiger partial charge in [-0.15, -0.1) is 0 Å². The highest BCUT2D eigenvalue weighted by Gasteiger charge is 2.24. The number of nitrogens with one attached hydrogen (secondary N) is 1. The second-order valence-electron chi connectivity index (χ2n) is 6.57. The fraction of sp³-hybridized carbons (Fsp3) is 0.150. The number of carbonyl (C=O) groups is 1. The smallest absolute Gasteiger partial charge is 0.279 e. The molecule has 0 saturated carbocycles. The van der Waals surface area contributed by atoms with Gasteiger partial charge in [0.15, 0.2) is 5.69 Å². The van der Waals surface area contributed by atoms with Gasteiger partial charge in [0.2, 0.25) is 0 Å². The van der Waals surface area contributed by atoms with Crippen molar-refractivity contribution in [3.63, 3.8) is 0 Å². The highest BCUT2D eigenvalue weighted by molar-refractivity contribution is 7.92. The number of pyridine rings is 2. The summed E-state index contributed by atoms with van der Waals surface area (Å²) in [6.45, 7) is 3.50. The molecule has 10 heteroatoms. The number of amides is 1. The highest BCUT2D eigenvalue weighted by atomic mass is 35.5. The fourth-order valence-corrected chi connectivity index (χ4v) is 4.07. The number of sulfonamides is 1. The lowest BCUT2D eigenvalue weighted by Gasteiger charge is -2.18. The first-order valence-electron chi connectivity index (χ1n) is 8.75. The van der Waals surface area contributed by atoms with E-state index in [4.69, 9.17) is 23.2 Å². The van der Waals surface area contributed by atoms with E-state index in [1.54, 1.807) is 32.0 Å². The van der Waals surface area contributed by atoms with Gasteiger partial charge in [0, 0.05) is 24.0 Å². The Morgan fingerprint density at radius 3 is 2.50 bits per heavy atom. The molecule has 0 aliphatic heterocycles. The zero-order valence-corrected chi connectivity index (χ0v) is 18.7. The number of rotatable bonds is 5. The van der Waals surface area contributed by atoms with Crippen LogP contribution in [-0.4, -0.2) is 31.3 Å². The third kappa shape index (κ3) is 4.72. The molecule has 1 amide bonds. The standard InChI is InChI=1S/C20H18Cl2N4O3S/c1-12-9-15(7-8-16(12)22)30(28,29)25-17-10-14(21)11-23-19(17)20(27)26(3)18-6-4-5-13(2)24-18/h4-11,25H,1-3H3. The Labute approximate surface area is 184 Å². The van der Waals surface area contributed by atoms with Crippen LogP contribution in [0.4, 0.5) is 11.5 Å². The van der Waals surface area contributed by atoms with Gasteiger partial charge in [-0.05, 0) is 55.8 Å². The number of nitrogens with zero attached hydrogens (tertiary/aromatic N) is 3. The molecule has 0 aliphatic carbocycles. The van der Waals surface area contributed by atoms with Crippen molar-refractivity contribution in [3.05, 3.63) is 75.7 Å². The van der Waals surface area contributed by atoms with Crippen LogP contribution in [0, 0.1) is 13.8 Å². The van der Waals surface area contributed by atoms with E-state index >= 15 is 0 Å². The Bertz CT molecular complexity index is 1230. The van der Waals surface area contributed by atoms with E-state index in [0.29, 0.717) is 16.4 Å². The summed E-state index contributed by atoms with van der Waals surface area (Å²) in [6.07, 6.45) is 1.27. The minimum absolute atomic E-state index is 0.00326. The normalized spacial score (nSPS) is 11.2. The van der Waals surface area contributed by atoms with Crippen molar-refractivity contribution in [1.29, 1.82) is 0 Å². The molecule has 3 aromatic rings. The van der Waals surface area contributed by atoms with E-state index in [1.165, 1.54) is 42.4 Å². The van der Waals surface area contributed by atoms with Crippen molar-refractivity contribution in [2.75, 3.05) is 16.7 Å². The Morgan fingerprint density at radius 2 is 1.83 bits per heavy atom. The van der Waals surface area contributed by atoms with Gasteiger partial charge in [0.25, 0.3) is 15.9 Å². The van der Waals surface area contributed by atoms with E-state index in [0.717, 1.165) is 5.69 Å². The van der Waals surface area contributed by atoms with Gasteiger partial charge >= 0.3 is 0 Å². The molecule has 3 rings (SSSR count). The molecular formula is C20H18Cl2N4O3S. The predicted octanol–water partition coefficient (Wildman–Crippen LogP) is 4.48. The number of carbonyl (C=O) groups excluding carboxylic acids is 1. The van der Waals surface area contributed by atoms with Gasteiger partial charge in [0.05, 0.1) is 15.6 Å². The maximum atomic E-state index is 13.0. The van der Waals surface area contributed by atoms with E-state index in [2.05, 4.69) is 14.7 Å². The third-order valence-electron chi connectivity index (χ3n) is 4.26. The molecule has 156 valence electrons. The molecule has 1 aromatic carbocycles. The lowest BCUT2D eigenvalue weighted by atomic mass is 10.2. The first-order valence-corrected chi connectivity index (χ1v) is 11.0. The van der Waals surface area contributed by atoms with E-state index in [1.807, 2.05) is 0 Å². The average molecular weight is 465 g/mol. The van der Waals surface area contributed by atoms with E-state index in [-0.39, 0.29) is 21.3 Å². The summed E-state index contributed by atoms with van der Waals surface area (Å²) < 4.78 is 28.2. The minimum Gasteiger partial charge on any atom is -0.294 e. The largest absolute Gasteiger partial charge is 0.294 e. The van der Waals surface area contributed by atoms with Crippen molar-refractivity contribution in [1.82, 2.24) is 9.97 Å². The molecule has 0 bridgehead atoms. The first kappa shape index (κ1) is 22.0. The second kappa shape index (κ2) is 8.59. The van der Waals surface area contributed by atoms with Gasteiger partial charge in [0.1, 0.15) is 5.82 Å². The van der Waals surface area contributed by atoms with Gasteiger partial charge in [-0.1, -0.05) is 29.3 Å². The van der Waals surface area contributed by atoms with E-state index in [9.17, 15) is 13.2 Å². The molecule has 7 nitrogen and oxygen atoms in total. The van der Waals surface area contributed by atoms with Crippen LogP contribution >= 0.6 is 23.2 Å². The topological polar surface area (TPSA) is 92.3 Å². The predicted molar refractivity (Wildman–Crippen MR) is 118 cm³/mol. The number of halogens is 2. The molecule has 0 radical (unpaired) electrons. The minimum atomic E-state index is -4.02. The number of benzene rings is 1. The van der Waals surface area contributed by atoms with E-state index < -0.39 is 15.9 Å². The van der Waals surface area contributed by atoms with Crippen molar-refractivity contribution >= 4 is 50.6 Å². The van der Waals surface area contributed by atoms with Crippen LogP contribution in [0.1, 0.15) is 21.7 Å². The number of hydrogen-bond donors (Lipinski definition) is 1. The zero-order chi connectivity index (χ0) is 22.1. The quantitative estimate of drug-likeness (QED) is 0.600. The molecule has 0 aliphatic rings. The number of aryl methyl sites for hydroxylation is 2. The summed E-state index contributed by atoms with van der Waals surface area (Å²) in [4.78, 5) is 22.7. The molecule has 1 N–H and O–H groups in total. The van der Waals surface area contributed by atoms with Gasteiger partial charge in [-0.3, -0.25) is 14.4 Å². The molecule has 0 spiro atoms. The number of hydrogen-bond acceptors (Lipinski definition) is 5. The SMILES string of the molecule is Cc1cccc(N(C)C(=O)c2ncc(Cl)cc2NS(=O)(=O)c2ccc(Cl)c(C)c2)n1. The third-order valence-corrected chi connectivity index (χ3v) is 6.26. The van der Waals surface area contributed by atoms with Crippen LogP contribution < -0.4 is 9.62 Å². The summed E-state index contributed by atoms with van der Waals surface area (Å²) in [5, 5.41) is 0.620. The van der Waals surface area contributed by atoms with Crippen LogP contribution in [-0.2, 0) is 10.0 Å². The fourth-order valence-electron chi connectivity index (χ4n) is 2.65. The van der Waals surface area contributed by atoms with Crippen molar-refractivity contribution in [2.45, 2.75) is 18.7 Å². The highest BCUT2D eigenvalue weighted by Crippen LogP contribution is 2.26. The van der Waals surface area contributed by atoms with Gasteiger partial charge in [-0.2, -0.15) is 0 Å².